The van der Waals surface area contributed by atoms with Crippen molar-refractivity contribution < 1.29 is 19.9 Å². The van der Waals surface area contributed by atoms with Crippen LogP contribution < -0.4 is 0 Å². The fraction of sp³-hybridized carbons (Fsp3) is 0. The first-order valence-electron chi connectivity index (χ1n) is 0.309. The van der Waals surface area contributed by atoms with Crippen LogP contribution in [0.25, 0.3) is 0 Å². The average Bonchev–Trinajstić information content (AvgIpc) is 0.918. The van der Waals surface area contributed by atoms with E-state index < -0.39 is 0 Å². The Morgan fingerprint density at radius 1 is 1.25 bits per heavy atom. The van der Waals surface area contributed by atoms with Crippen LogP contribution in [-0.4, -0.2) is 5.48 Å². The van der Waals surface area contributed by atoms with Crippen LogP contribution in [-0.2, 0) is 14.5 Å². The molecule has 1 nitrogen and oxygen atoms in total. The molecule has 0 aromatic rings. The summed E-state index contributed by atoms with van der Waals surface area (Å²) in [6, 6.07) is 0. The molecule has 4 heavy (non-hydrogen) atoms. The van der Waals surface area contributed by atoms with E-state index in [4.69, 9.17) is 0 Å². The zero-order valence-electron chi connectivity index (χ0n) is 1.66. The summed E-state index contributed by atoms with van der Waals surface area (Å²) in [4.78, 5) is 0. The zero-order valence-corrected chi connectivity index (χ0v) is 6.84. The minimum absolute atomic E-state index is 0. The third-order valence-corrected chi connectivity index (χ3v) is 0. The summed E-state index contributed by atoms with van der Waals surface area (Å²) in [6.45, 7) is 0. The predicted molar refractivity (Wildman–Crippen MR) is 21.5 cm³/mol. The molecule has 0 fully saturated rings. The van der Waals surface area contributed by atoms with Gasteiger partial charge in [-0.25, -0.2) is 0 Å². The van der Waals surface area contributed by atoms with Crippen molar-refractivity contribution in [1.82, 2.24) is 0 Å². The van der Waals surface area contributed by atoms with Crippen LogP contribution in [0.1, 0.15) is 0 Å². The molecule has 0 saturated carbocycles. The van der Waals surface area contributed by atoms with Crippen molar-refractivity contribution in [2.75, 3.05) is 0 Å². The normalized spacial score (nSPS) is 4.50. The molecule has 2 N–H and O–H groups in total. The molecule has 0 radical (unpaired) electrons. The van der Waals surface area contributed by atoms with Crippen LogP contribution in [0.5, 0.6) is 0 Å². The molecular weight excluding hydrogens is 272 g/mol. The molecule has 0 rings (SSSR count). The molecule has 0 aromatic heterocycles. The molecule has 0 aliphatic rings. The minimum atomic E-state index is 0. The van der Waals surface area contributed by atoms with Gasteiger partial charge in [-0.3, -0.25) is 0 Å². The van der Waals surface area contributed by atoms with Gasteiger partial charge in [-0.2, -0.15) is 0 Å². The van der Waals surface area contributed by atoms with Gasteiger partial charge < -0.3 is 5.48 Å². The fourth-order valence-corrected chi connectivity index (χ4v) is 0. The number of halogens is 2. The number of hydrogen-bond acceptors (Lipinski definition) is 0. The molecule has 0 aromatic carbocycles. The van der Waals surface area contributed by atoms with Crippen molar-refractivity contribution >= 4 is 26.6 Å². The van der Waals surface area contributed by atoms with Crippen LogP contribution in [0.15, 0.2) is 0 Å². The molecule has 4 heteroatoms. The van der Waals surface area contributed by atoms with Gasteiger partial charge in [0.15, 0.2) is 0 Å². The molecule has 0 unspecified atom stereocenters. The van der Waals surface area contributed by atoms with E-state index in [0.717, 1.165) is 0 Å². The Labute approximate surface area is 46.3 Å². The first-order chi connectivity index (χ1) is 1.41. The van der Waals surface area contributed by atoms with Gasteiger partial charge in [-0.1, -0.05) is 0 Å². The Morgan fingerprint density at radius 2 is 1.25 bits per heavy atom. The van der Waals surface area contributed by atoms with Crippen LogP contribution in [0.4, 0.5) is 0 Å². The monoisotopic (exact) mass is 274 g/mol. The van der Waals surface area contributed by atoms with Gasteiger partial charge in [0.25, 0.3) is 0 Å². The summed E-state index contributed by atoms with van der Waals surface area (Å²) < 4.78 is 0. The fourth-order valence-electron chi connectivity index (χ4n) is 0. The zero-order chi connectivity index (χ0) is 2.71. The Hall–Kier alpha value is 1.61. The molecular formula is H2Br2MoO. The number of hydrogen-bond donors (Lipinski definition) is 0. The van der Waals surface area contributed by atoms with Gasteiger partial charge in [0.1, 0.15) is 0 Å². The van der Waals surface area contributed by atoms with Crippen LogP contribution in [0.2, 0.25) is 0 Å². The molecule has 0 amide bonds. The van der Waals surface area contributed by atoms with Gasteiger partial charge >= 0.3 is 41.0 Å². The van der Waals surface area contributed by atoms with Crippen LogP contribution in [0, 0.1) is 0 Å². The van der Waals surface area contributed by atoms with Gasteiger partial charge in [-0.05, 0) is 0 Å². The second-order valence-electron chi connectivity index (χ2n) is 0.0583. The van der Waals surface area contributed by atoms with Gasteiger partial charge in [0.2, 0.25) is 0 Å². The Balaban J connectivity index is 0. The van der Waals surface area contributed by atoms with Crippen molar-refractivity contribution in [2.45, 2.75) is 0 Å². The molecule has 0 aliphatic heterocycles. The van der Waals surface area contributed by atoms with Gasteiger partial charge in [0, 0.05) is 0 Å². The summed E-state index contributed by atoms with van der Waals surface area (Å²) in [5, 5.41) is 0. The van der Waals surface area contributed by atoms with Gasteiger partial charge in [-0.15, -0.1) is 0 Å². The van der Waals surface area contributed by atoms with Crippen molar-refractivity contribution in [1.29, 1.82) is 0 Å². The summed E-state index contributed by atoms with van der Waals surface area (Å²) in [5.41, 5.74) is 0. The third kappa shape index (κ3) is 9.49. The molecule has 0 atom stereocenters. The standard InChI is InChI=1S/2BrH.Mo.H2O/h2*1H;;1H2/q;;+2;/p-2. The first kappa shape index (κ1) is 9.15. The van der Waals surface area contributed by atoms with Crippen molar-refractivity contribution in [2.24, 2.45) is 0 Å². The van der Waals surface area contributed by atoms with E-state index in [2.05, 4.69) is 26.6 Å². The molecule has 0 heterocycles. The molecule has 0 spiro atoms. The molecule has 28 valence electrons. The molecule has 0 bridgehead atoms. The predicted octanol–water partition coefficient (Wildman–Crippen LogP) is 0.864. The van der Waals surface area contributed by atoms with E-state index in [9.17, 15) is 0 Å². The van der Waals surface area contributed by atoms with E-state index in [1.165, 1.54) is 0 Å². The summed E-state index contributed by atoms with van der Waals surface area (Å²) in [7, 11) is 0. The molecule has 0 aliphatic carbocycles. The molecule has 0 saturated heterocycles. The van der Waals surface area contributed by atoms with Crippen LogP contribution in [0.3, 0.4) is 0 Å². The maximum absolute atomic E-state index is 3.19. The van der Waals surface area contributed by atoms with Crippen molar-refractivity contribution in [3.05, 3.63) is 0 Å². The van der Waals surface area contributed by atoms with Crippen LogP contribution >= 0.6 is 26.6 Å². The summed E-state index contributed by atoms with van der Waals surface area (Å²) >= 11 is 6.48. The van der Waals surface area contributed by atoms with E-state index in [1.807, 2.05) is 0 Å². The second kappa shape index (κ2) is 8.82. The average molecular weight is 274 g/mol. The second-order valence-corrected chi connectivity index (χ2v) is 9.32. The Morgan fingerprint density at radius 3 is 1.25 bits per heavy atom. The third-order valence-electron chi connectivity index (χ3n) is 0. The number of rotatable bonds is 0. The topological polar surface area (TPSA) is 31.5 Å². The van der Waals surface area contributed by atoms with E-state index in [-0.39, 0.29) is 19.9 Å². The van der Waals surface area contributed by atoms with E-state index in [1.54, 1.807) is 0 Å². The summed E-state index contributed by atoms with van der Waals surface area (Å²) in [5.74, 6) is 0. The SMILES string of the molecule is O.[Br][Mo][Br]. The van der Waals surface area contributed by atoms with Crippen molar-refractivity contribution in [3.8, 4) is 0 Å². The van der Waals surface area contributed by atoms with E-state index in [0.29, 0.717) is 0 Å². The summed E-state index contributed by atoms with van der Waals surface area (Å²) in [6.07, 6.45) is 0. The van der Waals surface area contributed by atoms with Crippen molar-refractivity contribution in [3.63, 3.8) is 0 Å². The quantitative estimate of drug-likeness (QED) is 0.587. The Bertz CT molecular complexity index is 6.00. The maximum atomic E-state index is 3.19. The van der Waals surface area contributed by atoms with E-state index >= 15 is 0 Å². The Kier molecular flexibility index (Phi) is 20.2. The first-order valence-corrected chi connectivity index (χ1v) is 9.49. The van der Waals surface area contributed by atoms with Gasteiger partial charge in [0.05, 0.1) is 0 Å².